The van der Waals surface area contributed by atoms with Gasteiger partial charge in [0.2, 0.25) is 0 Å². The summed E-state index contributed by atoms with van der Waals surface area (Å²) in [5, 5.41) is 0. The molecule has 14 heavy (non-hydrogen) atoms. The highest BCUT2D eigenvalue weighted by Gasteiger charge is 2.03. The second-order valence-electron chi connectivity index (χ2n) is 3.00. The molecule has 0 atom stereocenters. The molecule has 1 heterocycles. The number of rotatable bonds is 3. The molecule has 0 spiro atoms. The molecule has 2 nitrogen and oxygen atoms in total. The lowest BCUT2D eigenvalue weighted by atomic mass is 10.2. The summed E-state index contributed by atoms with van der Waals surface area (Å²) in [6, 6.07) is 9.79. The molecule has 0 radical (unpaired) electrons. The van der Waals surface area contributed by atoms with Crippen molar-refractivity contribution >= 4 is 0 Å². The van der Waals surface area contributed by atoms with Crippen LogP contribution < -0.4 is 0 Å². The molecule has 0 N–H and O–H groups in total. The van der Waals surface area contributed by atoms with E-state index >= 15 is 0 Å². The quantitative estimate of drug-likeness (QED) is 0.727. The van der Waals surface area contributed by atoms with E-state index in [0.29, 0.717) is 6.54 Å². The van der Waals surface area contributed by atoms with Crippen molar-refractivity contribution in [3.05, 3.63) is 42.7 Å². The van der Waals surface area contributed by atoms with Crippen LogP contribution in [-0.2, 0) is 6.54 Å². The summed E-state index contributed by atoms with van der Waals surface area (Å²) >= 11 is 0. The smallest absolute Gasteiger partial charge is 0.139 e. The van der Waals surface area contributed by atoms with Gasteiger partial charge in [-0.05, 0) is 0 Å². The molecule has 0 amide bonds. The first-order chi connectivity index (χ1) is 6.92. The lowest BCUT2D eigenvalue weighted by molar-refractivity contribution is 0.447. The van der Waals surface area contributed by atoms with Crippen molar-refractivity contribution in [2.24, 2.45) is 0 Å². The molecule has 2 aromatic rings. The molecule has 0 bridgehead atoms. The van der Waals surface area contributed by atoms with Crippen LogP contribution in [0.3, 0.4) is 0 Å². The van der Waals surface area contributed by atoms with E-state index in [-0.39, 0.29) is 6.67 Å². The SMILES string of the molecule is FCCn1ccnc1-c1ccccc1. The minimum Gasteiger partial charge on any atom is -0.328 e. The topological polar surface area (TPSA) is 17.8 Å². The van der Waals surface area contributed by atoms with Crippen LogP contribution in [0, 0.1) is 0 Å². The summed E-state index contributed by atoms with van der Waals surface area (Å²) in [7, 11) is 0. The third-order valence-electron chi connectivity index (χ3n) is 2.07. The number of aryl methyl sites for hydroxylation is 1. The number of hydrogen-bond acceptors (Lipinski definition) is 1. The fourth-order valence-corrected chi connectivity index (χ4v) is 1.43. The fourth-order valence-electron chi connectivity index (χ4n) is 1.43. The lowest BCUT2D eigenvalue weighted by Gasteiger charge is -2.04. The predicted octanol–water partition coefficient (Wildman–Crippen LogP) is 2.52. The summed E-state index contributed by atoms with van der Waals surface area (Å²) in [5.41, 5.74) is 1.02. The van der Waals surface area contributed by atoms with E-state index in [0.717, 1.165) is 11.4 Å². The van der Waals surface area contributed by atoms with Gasteiger partial charge >= 0.3 is 0 Å². The Balaban J connectivity index is 2.37. The summed E-state index contributed by atoms with van der Waals surface area (Å²) in [5.74, 6) is 0.822. The molecule has 0 unspecified atom stereocenters. The summed E-state index contributed by atoms with van der Waals surface area (Å²) in [6.45, 7) is 0.000418. The van der Waals surface area contributed by atoms with Gasteiger partial charge in [0.15, 0.2) is 0 Å². The molecule has 0 saturated carbocycles. The van der Waals surface area contributed by atoms with E-state index in [1.165, 1.54) is 0 Å². The van der Waals surface area contributed by atoms with Gasteiger partial charge in [-0.1, -0.05) is 30.3 Å². The highest BCUT2D eigenvalue weighted by atomic mass is 19.1. The van der Waals surface area contributed by atoms with Gasteiger partial charge in [-0.2, -0.15) is 0 Å². The monoisotopic (exact) mass is 190 g/mol. The maximum absolute atomic E-state index is 12.2. The van der Waals surface area contributed by atoms with E-state index < -0.39 is 0 Å². The van der Waals surface area contributed by atoms with Crippen LogP contribution in [0.1, 0.15) is 0 Å². The van der Waals surface area contributed by atoms with Crippen LogP contribution in [0.4, 0.5) is 4.39 Å². The molecule has 3 heteroatoms. The van der Waals surface area contributed by atoms with Gasteiger partial charge in [0, 0.05) is 18.0 Å². The average molecular weight is 190 g/mol. The molecule has 72 valence electrons. The van der Waals surface area contributed by atoms with E-state index in [9.17, 15) is 4.39 Å². The zero-order valence-corrected chi connectivity index (χ0v) is 7.73. The maximum atomic E-state index is 12.2. The number of aromatic nitrogens is 2. The molecular weight excluding hydrogens is 179 g/mol. The van der Waals surface area contributed by atoms with Gasteiger partial charge in [0.05, 0.1) is 6.54 Å². The van der Waals surface area contributed by atoms with Gasteiger partial charge in [0.1, 0.15) is 12.5 Å². The fraction of sp³-hybridized carbons (Fsp3) is 0.182. The van der Waals surface area contributed by atoms with Crippen LogP contribution in [0.2, 0.25) is 0 Å². The Morgan fingerprint density at radius 3 is 2.71 bits per heavy atom. The number of benzene rings is 1. The van der Waals surface area contributed by atoms with Crippen LogP contribution >= 0.6 is 0 Å². The Hall–Kier alpha value is -1.64. The normalized spacial score (nSPS) is 10.4. The average Bonchev–Trinajstić information content (AvgIpc) is 2.68. The standard InChI is InChI=1S/C11H11FN2/c12-6-8-14-9-7-13-11(14)10-4-2-1-3-5-10/h1-5,7,9H,6,8H2. The van der Waals surface area contributed by atoms with E-state index in [2.05, 4.69) is 4.98 Å². The first kappa shape index (κ1) is 8.94. The van der Waals surface area contributed by atoms with Crippen molar-refractivity contribution < 1.29 is 4.39 Å². The Kier molecular flexibility index (Phi) is 2.58. The number of hydrogen-bond donors (Lipinski definition) is 0. The Morgan fingerprint density at radius 1 is 1.21 bits per heavy atom. The zero-order valence-electron chi connectivity index (χ0n) is 7.73. The number of alkyl halides is 1. The van der Waals surface area contributed by atoms with Gasteiger partial charge in [0.25, 0.3) is 0 Å². The first-order valence-electron chi connectivity index (χ1n) is 4.54. The van der Waals surface area contributed by atoms with E-state index in [1.54, 1.807) is 12.4 Å². The van der Waals surface area contributed by atoms with Crippen molar-refractivity contribution in [3.8, 4) is 11.4 Å². The molecule has 0 aliphatic rings. The minimum atomic E-state index is -0.365. The van der Waals surface area contributed by atoms with Gasteiger partial charge in [-0.3, -0.25) is 0 Å². The molecule has 1 aromatic carbocycles. The maximum Gasteiger partial charge on any atom is 0.139 e. The molecular formula is C11H11FN2. The van der Waals surface area contributed by atoms with Crippen molar-refractivity contribution in [2.75, 3.05) is 6.67 Å². The molecule has 1 aromatic heterocycles. The third kappa shape index (κ3) is 1.66. The van der Waals surface area contributed by atoms with Crippen LogP contribution in [0.25, 0.3) is 11.4 Å². The van der Waals surface area contributed by atoms with Gasteiger partial charge in [-0.15, -0.1) is 0 Å². The number of nitrogens with zero attached hydrogens (tertiary/aromatic N) is 2. The van der Waals surface area contributed by atoms with Crippen molar-refractivity contribution in [2.45, 2.75) is 6.54 Å². The third-order valence-corrected chi connectivity index (χ3v) is 2.07. The summed E-state index contributed by atoms with van der Waals surface area (Å²) in [6.07, 6.45) is 3.49. The van der Waals surface area contributed by atoms with E-state index in [1.807, 2.05) is 34.9 Å². The first-order valence-corrected chi connectivity index (χ1v) is 4.54. The van der Waals surface area contributed by atoms with Crippen molar-refractivity contribution in [3.63, 3.8) is 0 Å². The van der Waals surface area contributed by atoms with E-state index in [4.69, 9.17) is 0 Å². The molecule has 0 aliphatic carbocycles. The van der Waals surface area contributed by atoms with Crippen molar-refractivity contribution in [1.29, 1.82) is 0 Å². The lowest BCUT2D eigenvalue weighted by Crippen LogP contribution is -2.00. The van der Waals surface area contributed by atoms with Gasteiger partial charge in [-0.25, -0.2) is 9.37 Å². The molecule has 0 aliphatic heterocycles. The summed E-state index contributed by atoms with van der Waals surface area (Å²) in [4.78, 5) is 4.20. The highest BCUT2D eigenvalue weighted by Crippen LogP contribution is 2.16. The van der Waals surface area contributed by atoms with Crippen molar-refractivity contribution in [1.82, 2.24) is 9.55 Å². The molecule has 0 fully saturated rings. The Labute approximate surface area is 82.0 Å². The van der Waals surface area contributed by atoms with Gasteiger partial charge < -0.3 is 4.57 Å². The summed E-state index contributed by atoms with van der Waals surface area (Å²) < 4.78 is 14.0. The Morgan fingerprint density at radius 2 is 2.00 bits per heavy atom. The predicted molar refractivity (Wildman–Crippen MR) is 53.6 cm³/mol. The van der Waals surface area contributed by atoms with Crippen LogP contribution in [0.15, 0.2) is 42.7 Å². The number of halogens is 1. The second kappa shape index (κ2) is 4.05. The largest absolute Gasteiger partial charge is 0.328 e. The Bertz CT molecular complexity index is 395. The molecule has 0 saturated heterocycles. The zero-order chi connectivity index (χ0) is 9.80. The van der Waals surface area contributed by atoms with Crippen LogP contribution in [-0.4, -0.2) is 16.2 Å². The second-order valence-corrected chi connectivity index (χ2v) is 3.00. The molecule has 2 rings (SSSR count). The number of imidazole rings is 1. The van der Waals surface area contributed by atoms with Crippen LogP contribution in [0.5, 0.6) is 0 Å². The highest BCUT2D eigenvalue weighted by molar-refractivity contribution is 5.54. The minimum absolute atomic E-state index is 0.365.